The lowest BCUT2D eigenvalue weighted by molar-refractivity contribution is 0.00468. The molecule has 20 heteroatoms. The number of aromatic nitrogens is 2. The molecule has 448 valence electrons. The number of amides is 3. The fourth-order valence-electron chi connectivity index (χ4n) is 11.3. The Balaban J connectivity index is 0.000000202. The number of aryl methyl sites for hydroxylation is 2. The molecule has 0 aliphatic carbocycles. The Labute approximate surface area is 489 Å². The minimum atomic E-state index is -1.02. The molecule has 6 aromatic rings. The topological polar surface area (TPSA) is 227 Å². The number of aromatic carboxylic acids is 1. The van der Waals surface area contributed by atoms with Crippen LogP contribution in [-0.4, -0.2) is 147 Å². The average Bonchev–Trinajstić information content (AvgIpc) is 3.11. The van der Waals surface area contributed by atoms with E-state index in [1.54, 1.807) is 51.6 Å². The van der Waals surface area contributed by atoms with Crippen LogP contribution in [0.3, 0.4) is 0 Å². The van der Waals surface area contributed by atoms with Gasteiger partial charge in [-0.3, -0.25) is 14.4 Å². The fourth-order valence-corrected chi connectivity index (χ4v) is 11.3. The zero-order valence-electron chi connectivity index (χ0n) is 49.6. The zero-order valence-corrected chi connectivity index (χ0v) is 49.6. The molecule has 84 heavy (non-hydrogen) atoms. The monoisotopic (exact) mass is 1150 g/mol. The van der Waals surface area contributed by atoms with Gasteiger partial charge in [0.2, 0.25) is 5.91 Å². The highest BCUT2D eigenvalue weighted by Gasteiger charge is 2.34. The van der Waals surface area contributed by atoms with Gasteiger partial charge in [0, 0.05) is 106 Å². The molecule has 2 fully saturated rings. The molecule has 0 saturated carbocycles. The van der Waals surface area contributed by atoms with Crippen molar-refractivity contribution in [3.05, 3.63) is 139 Å². The standard InChI is InChI=1S/C32H40N4O6.C32H39N3O7/c1-21-17-29(37)35(26-19-23(30(33)38)6-7-25(21)26)14-13-34-11-9-24(10-12-34)36(31(39)42-32(2,3)4)20-22-5-8-27-28(18-22)41-16-15-40-27;1-21-17-29(36)34(26-19-23(30(37)38)6-7-25(21)26)14-13-33-11-9-24(10-12-33)35(31(39)42-32(2,3)4)20-22-5-8-27-28(18-22)41-16-15-40-27/h5-8,17-19,24H,9-16,20H2,1-4H3,(H2,33,38);5-8,17-19,24H,9-16,20H2,1-4H3,(H,37,38). The van der Waals surface area contributed by atoms with Crippen molar-refractivity contribution < 1.29 is 52.7 Å². The van der Waals surface area contributed by atoms with Crippen molar-refractivity contribution in [2.24, 2.45) is 5.73 Å². The van der Waals surface area contributed by atoms with Crippen molar-refractivity contribution in [3.63, 3.8) is 0 Å². The van der Waals surface area contributed by atoms with Crippen LogP contribution in [0.1, 0.15) is 110 Å². The van der Waals surface area contributed by atoms with Gasteiger partial charge in [0.15, 0.2) is 23.0 Å². The van der Waals surface area contributed by atoms with E-state index in [1.165, 1.54) is 0 Å². The predicted octanol–water partition coefficient (Wildman–Crippen LogP) is 8.76. The van der Waals surface area contributed by atoms with Crippen LogP contribution in [-0.2, 0) is 35.7 Å². The van der Waals surface area contributed by atoms with Crippen LogP contribution < -0.4 is 35.8 Å². The van der Waals surface area contributed by atoms with E-state index in [1.807, 2.05) is 108 Å². The molecule has 4 aliphatic rings. The Morgan fingerprint density at radius 2 is 0.917 bits per heavy atom. The summed E-state index contributed by atoms with van der Waals surface area (Å²) in [5.41, 5.74) is 9.49. The number of piperidine rings is 2. The number of rotatable bonds is 14. The molecule has 3 amide bonds. The Morgan fingerprint density at radius 1 is 0.536 bits per heavy atom. The largest absolute Gasteiger partial charge is 0.486 e. The molecule has 20 nitrogen and oxygen atoms in total. The van der Waals surface area contributed by atoms with E-state index in [0.29, 0.717) is 105 Å². The van der Waals surface area contributed by atoms with Crippen molar-refractivity contribution in [2.75, 3.05) is 65.7 Å². The Hall–Kier alpha value is -8.10. The van der Waals surface area contributed by atoms with E-state index in [9.17, 15) is 33.9 Å². The number of hydrogen-bond acceptors (Lipinski definition) is 14. The van der Waals surface area contributed by atoms with Gasteiger partial charge in [-0.2, -0.15) is 0 Å². The number of nitrogens with zero attached hydrogens (tertiary/aromatic N) is 6. The van der Waals surface area contributed by atoms with Crippen LogP contribution >= 0.6 is 0 Å². The Bertz CT molecular complexity index is 3300. The number of fused-ring (bicyclic) bond motifs is 4. The number of ether oxygens (including phenoxy) is 6. The van der Waals surface area contributed by atoms with Gasteiger partial charge < -0.3 is 68.0 Å². The van der Waals surface area contributed by atoms with E-state index in [-0.39, 0.29) is 41.0 Å². The zero-order chi connectivity index (χ0) is 60.0. The Kier molecular flexibility index (Phi) is 18.6. The molecule has 4 aromatic carbocycles. The number of nitrogens with two attached hydrogens (primary N) is 1. The number of hydrogen-bond donors (Lipinski definition) is 2. The van der Waals surface area contributed by atoms with E-state index in [2.05, 4.69) is 9.80 Å². The van der Waals surface area contributed by atoms with Gasteiger partial charge in [-0.05, 0) is 152 Å². The van der Waals surface area contributed by atoms with Crippen LogP contribution in [0.25, 0.3) is 21.8 Å². The minimum absolute atomic E-state index is 0.00496. The summed E-state index contributed by atoms with van der Waals surface area (Å²) >= 11 is 0. The maximum absolute atomic E-state index is 13.4. The lowest BCUT2D eigenvalue weighted by Crippen LogP contribution is -2.49. The molecule has 0 atom stereocenters. The molecule has 2 aromatic heterocycles. The third kappa shape index (κ3) is 15.0. The Morgan fingerprint density at radius 3 is 1.30 bits per heavy atom. The normalized spacial score (nSPS) is 15.9. The number of carbonyl (C=O) groups is 4. The van der Waals surface area contributed by atoms with Gasteiger partial charge in [-0.25, -0.2) is 14.4 Å². The number of carbonyl (C=O) groups excluding carboxylic acids is 3. The van der Waals surface area contributed by atoms with Crippen molar-refractivity contribution in [2.45, 2.75) is 131 Å². The number of benzene rings is 4. The van der Waals surface area contributed by atoms with E-state index >= 15 is 0 Å². The van der Waals surface area contributed by atoms with Crippen molar-refractivity contribution >= 4 is 45.9 Å². The van der Waals surface area contributed by atoms with Crippen molar-refractivity contribution in [3.8, 4) is 23.0 Å². The maximum atomic E-state index is 13.4. The molecule has 3 N–H and O–H groups in total. The summed E-state index contributed by atoms with van der Waals surface area (Å²) in [5.74, 6) is 1.26. The molecule has 0 radical (unpaired) electrons. The molecular weight excluding hydrogens is 1070 g/mol. The summed E-state index contributed by atoms with van der Waals surface area (Å²) in [4.78, 5) is 84.2. The van der Waals surface area contributed by atoms with Crippen LogP contribution in [0.5, 0.6) is 23.0 Å². The maximum Gasteiger partial charge on any atom is 0.410 e. The summed E-state index contributed by atoms with van der Waals surface area (Å²) < 4.78 is 37.8. The van der Waals surface area contributed by atoms with E-state index in [0.717, 1.165) is 84.9 Å². The number of carboxylic acids is 1. The average molecular weight is 1150 g/mol. The molecule has 6 heterocycles. The van der Waals surface area contributed by atoms with Gasteiger partial charge in [-0.1, -0.05) is 24.3 Å². The molecule has 4 aliphatic heterocycles. The number of pyridine rings is 2. The quantitative estimate of drug-likeness (QED) is 0.104. The van der Waals surface area contributed by atoms with Gasteiger partial charge in [0.1, 0.15) is 37.6 Å². The number of primary amides is 1. The molecular formula is C64H79N7O13. The lowest BCUT2D eigenvalue weighted by atomic mass is 10.0. The van der Waals surface area contributed by atoms with Crippen LogP contribution in [0.15, 0.2) is 94.5 Å². The number of likely N-dealkylation sites (tertiary alicyclic amines) is 2. The lowest BCUT2D eigenvalue weighted by Gasteiger charge is -2.39. The molecule has 10 rings (SSSR count). The molecule has 0 spiro atoms. The SMILES string of the molecule is Cc1cc(=O)n(CCN2CCC(N(Cc3ccc4c(c3)OCCO4)C(=O)OC(C)(C)C)CC2)c2cc(C(=O)O)ccc12.Cc1cc(=O)n(CCN2CCC(N(Cc3ccc4c(c3)OCCO4)C(=O)OC(C)(C)C)CC2)c2cc(C(N)=O)ccc12. The highest BCUT2D eigenvalue weighted by molar-refractivity contribution is 5.97. The first-order chi connectivity index (χ1) is 40.0. The first kappa shape index (κ1) is 60.5. The van der Waals surface area contributed by atoms with Crippen LogP contribution in [0, 0.1) is 13.8 Å². The highest BCUT2D eigenvalue weighted by atomic mass is 16.6. The van der Waals surface area contributed by atoms with E-state index < -0.39 is 23.1 Å². The summed E-state index contributed by atoms with van der Waals surface area (Å²) in [6.07, 6.45) is 2.40. The smallest absolute Gasteiger partial charge is 0.410 e. The van der Waals surface area contributed by atoms with Crippen LogP contribution in [0.4, 0.5) is 9.59 Å². The second-order valence-electron chi connectivity index (χ2n) is 24.1. The van der Waals surface area contributed by atoms with Gasteiger partial charge in [0.25, 0.3) is 11.1 Å². The van der Waals surface area contributed by atoms with Crippen molar-refractivity contribution in [1.82, 2.24) is 28.7 Å². The summed E-state index contributed by atoms with van der Waals surface area (Å²) in [5, 5.41) is 11.3. The second-order valence-corrected chi connectivity index (χ2v) is 24.1. The van der Waals surface area contributed by atoms with Crippen LogP contribution in [0.2, 0.25) is 0 Å². The minimum Gasteiger partial charge on any atom is -0.486 e. The summed E-state index contributed by atoms with van der Waals surface area (Å²) in [6.45, 7) is 23.1. The third-order valence-corrected chi connectivity index (χ3v) is 15.6. The number of carboxylic acid groups (broad SMARTS) is 1. The highest BCUT2D eigenvalue weighted by Crippen LogP contribution is 2.34. The summed E-state index contributed by atoms with van der Waals surface area (Å²) in [7, 11) is 0. The molecule has 0 bridgehead atoms. The second kappa shape index (κ2) is 25.8. The molecule has 0 unspecified atom stereocenters. The molecule has 2 saturated heterocycles. The van der Waals surface area contributed by atoms with Gasteiger partial charge >= 0.3 is 18.2 Å². The predicted molar refractivity (Wildman–Crippen MR) is 319 cm³/mol. The van der Waals surface area contributed by atoms with E-state index in [4.69, 9.17) is 34.2 Å². The third-order valence-electron chi connectivity index (χ3n) is 15.6. The fraction of sp³-hybridized carbons (Fsp3) is 0.469. The first-order valence-corrected chi connectivity index (χ1v) is 29.0. The first-order valence-electron chi connectivity index (χ1n) is 29.0. The van der Waals surface area contributed by atoms with Gasteiger partial charge in [-0.15, -0.1) is 0 Å². The van der Waals surface area contributed by atoms with Gasteiger partial charge in [0.05, 0.1) is 16.6 Å². The van der Waals surface area contributed by atoms with Crippen molar-refractivity contribution in [1.29, 1.82) is 0 Å². The summed E-state index contributed by atoms with van der Waals surface area (Å²) in [6, 6.07) is 25.0.